The molecule has 4 heteroatoms. The number of hydrogen-bond donors (Lipinski definition) is 1. The summed E-state index contributed by atoms with van der Waals surface area (Å²) in [6.07, 6.45) is 5.14. The fourth-order valence-electron chi connectivity index (χ4n) is 2.36. The molecule has 1 N–H and O–H groups in total. The first-order valence-electron chi connectivity index (χ1n) is 7.97. The van der Waals surface area contributed by atoms with E-state index in [1.165, 1.54) is 0 Å². The van der Waals surface area contributed by atoms with E-state index in [0.717, 1.165) is 43.0 Å². The lowest BCUT2D eigenvalue weighted by Crippen LogP contribution is -2.24. The van der Waals surface area contributed by atoms with Gasteiger partial charge in [-0.05, 0) is 51.4 Å². The van der Waals surface area contributed by atoms with Crippen LogP contribution in [-0.2, 0) is 6.42 Å². The Morgan fingerprint density at radius 3 is 2.71 bits per heavy atom. The van der Waals surface area contributed by atoms with Crippen molar-refractivity contribution >= 4 is 0 Å². The number of furan rings is 1. The summed E-state index contributed by atoms with van der Waals surface area (Å²) in [6.45, 7) is 9.52. The lowest BCUT2D eigenvalue weighted by Gasteiger charge is -2.15. The lowest BCUT2D eigenvalue weighted by atomic mass is 10.1. The van der Waals surface area contributed by atoms with Gasteiger partial charge in [-0.1, -0.05) is 13.8 Å². The fourth-order valence-corrected chi connectivity index (χ4v) is 2.36. The van der Waals surface area contributed by atoms with Crippen LogP contribution in [0.25, 0.3) is 0 Å². The minimum atomic E-state index is 0.193. The Balaban J connectivity index is 2.09. The van der Waals surface area contributed by atoms with E-state index in [4.69, 9.17) is 9.52 Å². The Morgan fingerprint density at radius 1 is 1.29 bits per heavy atom. The second-order valence-electron chi connectivity index (χ2n) is 5.70. The topological polar surface area (TPSA) is 43.0 Å². The molecule has 0 bridgehead atoms. The third-order valence-electron chi connectivity index (χ3n) is 3.86. The van der Waals surface area contributed by atoms with Gasteiger partial charge in [-0.15, -0.1) is 0 Å². The van der Waals surface area contributed by atoms with Gasteiger partial charge in [0.2, 0.25) is 0 Å². The first-order chi connectivity index (χ1) is 10.1. The van der Waals surface area contributed by atoms with E-state index in [-0.39, 0.29) is 6.04 Å². The van der Waals surface area contributed by atoms with Gasteiger partial charge in [0.1, 0.15) is 11.5 Å². The quantitative estimate of drug-likeness (QED) is 0.797. The Kier molecular flexibility index (Phi) is 5.62. The summed E-state index contributed by atoms with van der Waals surface area (Å²) in [7, 11) is 0. The van der Waals surface area contributed by atoms with Crippen molar-refractivity contribution in [1.29, 1.82) is 0 Å². The Bertz CT molecular complexity index is 544. The molecule has 2 aromatic rings. The third kappa shape index (κ3) is 4.21. The maximum atomic E-state index is 5.79. The molecule has 21 heavy (non-hydrogen) atoms. The first-order valence-corrected chi connectivity index (χ1v) is 7.97. The molecule has 2 atom stereocenters. The van der Waals surface area contributed by atoms with Crippen LogP contribution >= 0.6 is 0 Å². The zero-order valence-corrected chi connectivity index (χ0v) is 13.6. The minimum Gasteiger partial charge on any atom is -0.465 e. The van der Waals surface area contributed by atoms with Crippen molar-refractivity contribution in [3.05, 3.63) is 41.6 Å². The molecule has 0 saturated carbocycles. The van der Waals surface area contributed by atoms with E-state index in [9.17, 15) is 0 Å². The van der Waals surface area contributed by atoms with Crippen LogP contribution in [-0.4, -0.2) is 16.3 Å². The van der Waals surface area contributed by atoms with Crippen LogP contribution in [0.3, 0.4) is 0 Å². The Hall–Kier alpha value is -1.55. The van der Waals surface area contributed by atoms with Crippen LogP contribution in [0.1, 0.15) is 62.9 Å². The van der Waals surface area contributed by atoms with Crippen molar-refractivity contribution < 1.29 is 4.42 Å². The number of nitrogens with one attached hydrogen (secondary N) is 1. The summed E-state index contributed by atoms with van der Waals surface area (Å²) in [5.41, 5.74) is 1.11. The largest absolute Gasteiger partial charge is 0.465 e. The molecule has 0 saturated heterocycles. The SMILES string of the molecule is CCCNC(Cc1ccn(C(C)CC)n1)c1ccc(C)o1. The van der Waals surface area contributed by atoms with Gasteiger partial charge < -0.3 is 9.73 Å². The highest BCUT2D eigenvalue weighted by atomic mass is 16.3. The predicted octanol–water partition coefficient (Wildman–Crippen LogP) is 4.04. The molecule has 0 aromatic carbocycles. The molecule has 2 heterocycles. The Labute approximate surface area is 127 Å². The molecule has 0 aliphatic heterocycles. The molecule has 0 aliphatic rings. The van der Waals surface area contributed by atoms with Gasteiger partial charge >= 0.3 is 0 Å². The minimum absolute atomic E-state index is 0.193. The zero-order chi connectivity index (χ0) is 15.2. The van der Waals surface area contributed by atoms with Crippen molar-refractivity contribution in [3.63, 3.8) is 0 Å². The van der Waals surface area contributed by atoms with Gasteiger partial charge in [0, 0.05) is 18.7 Å². The highest BCUT2D eigenvalue weighted by Gasteiger charge is 2.17. The van der Waals surface area contributed by atoms with Gasteiger partial charge in [0.25, 0.3) is 0 Å². The summed E-state index contributed by atoms with van der Waals surface area (Å²) < 4.78 is 7.85. The van der Waals surface area contributed by atoms with Crippen molar-refractivity contribution in [1.82, 2.24) is 15.1 Å². The average molecular weight is 289 g/mol. The summed E-state index contributed by atoms with van der Waals surface area (Å²) in [5, 5.41) is 8.25. The first kappa shape index (κ1) is 15.8. The van der Waals surface area contributed by atoms with Gasteiger partial charge in [-0.2, -0.15) is 5.10 Å². The average Bonchev–Trinajstić information content (AvgIpc) is 3.11. The molecule has 0 amide bonds. The molecular weight excluding hydrogens is 262 g/mol. The molecule has 0 radical (unpaired) electrons. The van der Waals surface area contributed by atoms with Crippen molar-refractivity contribution in [2.75, 3.05) is 6.54 Å². The summed E-state index contributed by atoms with van der Waals surface area (Å²) in [6, 6.07) is 6.84. The van der Waals surface area contributed by atoms with E-state index in [2.05, 4.69) is 49.1 Å². The van der Waals surface area contributed by atoms with E-state index in [1.807, 2.05) is 13.0 Å². The fraction of sp³-hybridized carbons (Fsp3) is 0.588. The molecule has 2 unspecified atom stereocenters. The van der Waals surface area contributed by atoms with Crippen LogP contribution in [0, 0.1) is 6.92 Å². The molecule has 2 aromatic heterocycles. The maximum absolute atomic E-state index is 5.79. The highest BCUT2D eigenvalue weighted by Crippen LogP contribution is 2.21. The second kappa shape index (κ2) is 7.46. The monoisotopic (exact) mass is 289 g/mol. The molecule has 0 fully saturated rings. The molecular formula is C17H27N3O. The third-order valence-corrected chi connectivity index (χ3v) is 3.86. The lowest BCUT2D eigenvalue weighted by molar-refractivity contribution is 0.393. The van der Waals surface area contributed by atoms with Gasteiger partial charge in [0.05, 0.1) is 11.7 Å². The smallest absolute Gasteiger partial charge is 0.121 e. The summed E-state index contributed by atoms with van der Waals surface area (Å²) >= 11 is 0. The number of aryl methyl sites for hydroxylation is 1. The summed E-state index contributed by atoms with van der Waals surface area (Å²) in [4.78, 5) is 0. The molecule has 4 nitrogen and oxygen atoms in total. The van der Waals surface area contributed by atoms with Crippen molar-refractivity contribution in [2.24, 2.45) is 0 Å². The van der Waals surface area contributed by atoms with Crippen LogP contribution in [0.5, 0.6) is 0 Å². The molecule has 0 aliphatic carbocycles. The second-order valence-corrected chi connectivity index (χ2v) is 5.70. The van der Waals surface area contributed by atoms with E-state index in [0.29, 0.717) is 6.04 Å². The summed E-state index contributed by atoms with van der Waals surface area (Å²) in [5.74, 6) is 1.96. The number of hydrogen-bond acceptors (Lipinski definition) is 3. The molecule has 0 spiro atoms. The normalized spacial score (nSPS) is 14.3. The number of rotatable bonds is 8. The van der Waals surface area contributed by atoms with Crippen LogP contribution < -0.4 is 5.32 Å². The maximum Gasteiger partial charge on any atom is 0.121 e. The standard InChI is InChI=1S/C17H27N3O/c1-5-10-18-16(17-8-7-14(4)21-17)12-15-9-11-20(19-15)13(3)6-2/h7-9,11,13,16,18H,5-6,10,12H2,1-4H3. The molecule has 2 rings (SSSR count). The van der Waals surface area contributed by atoms with Crippen molar-refractivity contribution in [3.8, 4) is 0 Å². The Morgan fingerprint density at radius 2 is 2.10 bits per heavy atom. The zero-order valence-electron chi connectivity index (χ0n) is 13.6. The van der Waals surface area contributed by atoms with Gasteiger partial charge in [-0.3, -0.25) is 4.68 Å². The van der Waals surface area contributed by atoms with Gasteiger partial charge in [0.15, 0.2) is 0 Å². The van der Waals surface area contributed by atoms with Gasteiger partial charge in [-0.25, -0.2) is 0 Å². The van der Waals surface area contributed by atoms with Crippen LogP contribution in [0.4, 0.5) is 0 Å². The highest BCUT2D eigenvalue weighted by molar-refractivity contribution is 5.13. The molecule has 116 valence electrons. The van der Waals surface area contributed by atoms with Crippen molar-refractivity contribution in [2.45, 2.75) is 59.0 Å². The predicted molar refractivity (Wildman–Crippen MR) is 85.4 cm³/mol. The van der Waals surface area contributed by atoms with E-state index < -0.39 is 0 Å². The number of nitrogens with zero attached hydrogens (tertiary/aromatic N) is 2. The van der Waals surface area contributed by atoms with Crippen LogP contribution in [0.2, 0.25) is 0 Å². The van der Waals surface area contributed by atoms with E-state index >= 15 is 0 Å². The van der Waals surface area contributed by atoms with E-state index in [1.54, 1.807) is 0 Å². The van der Waals surface area contributed by atoms with Crippen LogP contribution in [0.15, 0.2) is 28.8 Å². The number of aromatic nitrogens is 2.